The van der Waals surface area contributed by atoms with Crippen molar-refractivity contribution in [2.24, 2.45) is 0 Å². The third-order valence-corrected chi connectivity index (χ3v) is 8.86. The Kier molecular flexibility index (Phi) is 8.74. The largest absolute Gasteiger partial charge is 0.462 e. The van der Waals surface area contributed by atoms with Crippen molar-refractivity contribution in [3.05, 3.63) is 59.3 Å². The summed E-state index contributed by atoms with van der Waals surface area (Å²) in [6, 6.07) is 11.7. The molecule has 5 atom stereocenters. The molecule has 0 amide bonds. The molecule has 0 saturated carbocycles. The first-order valence-corrected chi connectivity index (χ1v) is 14.5. The number of carbonyl (C=O) groups excluding carboxylic acids is 1. The normalized spacial score (nSPS) is 21.8. The van der Waals surface area contributed by atoms with E-state index in [9.17, 15) is 19.3 Å². The Morgan fingerprint density at radius 1 is 1.26 bits per heavy atom. The molecule has 1 aromatic heterocycles. The summed E-state index contributed by atoms with van der Waals surface area (Å²) in [5.41, 5.74) is 4.88. The summed E-state index contributed by atoms with van der Waals surface area (Å²) in [6.45, 7) is 4.71. The summed E-state index contributed by atoms with van der Waals surface area (Å²) in [6.07, 6.45) is 0.235. The van der Waals surface area contributed by atoms with Crippen LogP contribution in [0.5, 0.6) is 5.75 Å². The van der Waals surface area contributed by atoms with Crippen LogP contribution in [0.3, 0.4) is 0 Å². The van der Waals surface area contributed by atoms with Crippen LogP contribution in [-0.4, -0.2) is 55.7 Å². The summed E-state index contributed by atoms with van der Waals surface area (Å²) in [5.74, 6) is -0.466. The Morgan fingerprint density at radius 2 is 2.00 bits per heavy atom. The van der Waals surface area contributed by atoms with Crippen molar-refractivity contribution in [2.45, 2.75) is 56.1 Å². The zero-order chi connectivity index (χ0) is 27.4. The lowest BCUT2D eigenvalue weighted by molar-refractivity contribution is -0.149. The molecule has 1 unspecified atom stereocenters. The summed E-state index contributed by atoms with van der Waals surface area (Å²) < 4.78 is 32.2. The zero-order valence-corrected chi connectivity index (χ0v) is 22.8. The molecule has 1 aliphatic heterocycles. The average molecular weight is 564 g/mol. The fourth-order valence-electron chi connectivity index (χ4n) is 3.88. The Bertz CT molecular complexity index is 1400. The Hall–Kier alpha value is -2.96. The summed E-state index contributed by atoms with van der Waals surface area (Å²) in [7, 11) is -4.17. The van der Waals surface area contributed by atoms with Gasteiger partial charge in [0.05, 0.1) is 29.4 Å². The third-order valence-electron chi connectivity index (χ3n) is 5.69. The van der Waals surface area contributed by atoms with Gasteiger partial charge in [-0.1, -0.05) is 36.4 Å². The van der Waals surface area contributed by atoms with Crippen LogP contribution in [0, 0.1) is 0 Å². The molecule has 4 rings (SSSR count). The second-order valence-corrected chi connectivity index (χ2v) is 12.2. The van der Waals surface area contributed by atoms with Crippen molar-refractivity contribution in [1.29, 1.82) is 0 Å². The molecular formula is C24H30N5O7PS. The molecule has 14 heteroatoms. The predicted octanol–water partition coefficient (Wildman–Crippen LogP) is 2.87. The number of fused-ring (bicyclic) bond motifs is 1. The first-order valence-electron chi connectivity index (χ1n) is 12.0. The van der Waals surface area contributed by atoms with Crippen LogP contribution in [0.15, 0.2) is 53.6 Å². The molecule has 1 fully saturated rings. The summed E-state index contributed by atoms with van der Waals surface area (Å²) in [5, 5.41) is 13.9. The maximum Gasteiger partial charge on any atom is 0.459 e. The smallest absolute Gasteiger partial charge is 0.459 e. The lowest BCUT2D eigenvalue weighted by atomic mass is 10.1. The first-order chi connectivity index (χ1) is 18.0. The van der Waals surface area contributed by atoms with Gasteiger partial charge in [0.25, 0.3) is 0 Å². The highest BCUT2D eigenvalue weighted by Gasteiger charge is 2.39. The molecule has 0 bridgehead atoms. The fourth-order valence-corrected chi connectivity index (χ4v) is 6.94. The topological polar surface area (TPSA) is 168 Å². The predicted molar refractivity (Wildman–Crippen MR) is 144 cm³/mol. The van der Waals surface area contributed by atoms with E-state index >= 15 is 0 Å². The van der Waals surface area contributed by atoms with E-state index in [0.717, 1.165) is 5.39 Å². The molecule has 2 aromatic carbocycles. The molecule has 4 N–H and O–H groups in total. The molecule has 38 heavy (non-hydrogen) atoms. The average Bonchev–Trinajstić information content (AvgIpc) is 3.22. The number of rotatable bonds is 10. The van der Waals surface area contributed by atoms with Crippen LogP contribution >= 0.6 is 19.5 Å². The standard InChI is InChI=1S/C24H30N5O7PS/c1-14(2)35-22(31)15(3)28-37(33,36-19-10-6-8-16-7-4-5-9-17(16)19)34-12-20-18(30)11-21(38-20)29-13-26-23(25)27-24(29)32/h4-10,13-15,18,20-21,30H,11-12H2,1-3H3,(H,28,33)(H2,25,27,32)/t15-,18-,20+,21+,37?/m0/s1. The van der Waals surface area contributed by atoms with Gasteiger partial charge in [-0.25, -0.2) is 14.3 Å². The van der Waals surface area contributed by atoms with Gasteiger partial charge in [0.15, 0.2) is 0 Å². The molecule has 0 aliphatic carbocycles. The van der Waals surface area contributed by atoms with Gasteiger partial charge in [0.2, 0.25) is 5.95 Å². The minimum Gasteiger partial charge on any atom is -0.462 e. The maximum atomic E-state index is 14.0. The maximum absolute atomic E-state index is 14.0. The van der Waals surface area contributed by atoms with E-state index in [1.54, 1.807) is 26.0 Å². The van der Waals surface area contributed by atoms with Gasteiger partial charge in [0.1, 0.15) is 18.1 Å². The molecular weight excluding hydrogens is 533 g/mol. The number of hydrogen-bond donors (Lipinski definition) is 3. The monoisotopic (exact) mass is 563 g/mol. The van der Waals surface area contributed by atoms with Crippen molar-refractivity contribution in [1.82, 2.24) is 19.6 Å². The number of nitrogen functional groups attached to an aromatic ring is 1. The first kappa shape index (κ1) is 28.1. The van der Waals surface area contributed by atoms with E-state index in [2.05, 4.69) is 15.1 Å². The van der Waals surface area contributed by atoms with Crippen LogP contribution in [-0.2, 0) is 18.6 Å². The number of hydrogen-bond acceptors (Lipinski definition) is 11. The van der Waals surface area contributed by atoms with Crippen LogP contribution in [0.25, 0.3) is 10.8 Å². The second kappa shape index (κ2) is 11.8. The molecule has 204 valence electrons. The molecule has 1 saturated heterocycles. The van der Waals surface area contributed by atoms with E-state index in [1.807, 2.05) is 30.3 Å². The second-order valence-electron chi connectivity index (χ2n) is 9.03. The van der Waals surface area contributed by atoms with Gasteiger partial charge >= 0.3 is 19.4 Å². The van der Waals surface area contributed by atoms with Crippen molar-refractivity contribution in [2.75, 3.05) is 12.3 Å². The number of anilines is 1. The Labute approximate surface area is 223 Å². The molecule has 0 radical (unpaired) electrons. The number of aliphatic hydroxyl groups is 1. The van der Waals surface area contributed by atoms with E-state index < -0.39 is 42.2 Å². The van der Waals surface area contributed by atoms with E-state index in [1.165, 1.54) is 29.6 Å². The van der Waals surface area contributed by atoms with Crippen molar-refractivity contribution >= 4 is 42.2 Å². The van der Waals surface area contributed by atoms with Crippen molar-refractivity contribution in [3.63, 3.8) is 0 Å². The van der Waals surface area contributed by atoms with Gasteiger partial charge < -0.3 is 20.1 Å². The van der Waals surface area contributed by atoms with Gasteiger partial charge in [0, 0.05) is 11.8 Å². The van der Waals surface area contributed by atoms with Crippen LogP contribution in [0.4, 0.5) is 5.95 Å². The van der Waals surface area contributed by atoms with Crippen LogP contribution < -0.4 is 21.0 Å². The Morgan fingerprint density at radius 3 is 2.74 bits per heavy atom. The quantitative estimate of drug-likeness (QED) is 0.244. The lowest BCUT2D eigenvalue weighted by Gasteiger charge is -2.25. The van der Waals surface area contributed by atoms with E-state index in [0.29, 0.717) is 11.1 Å². The number of aromatic nitrogens is 3. The third kappa shape index (κ3) is 6.72. The highest BCUT2D eigenvalue weighted by Crippen LogP contribution is 2.49. The Balaban J connectivity index is 1.54. The highest BCUT2D eigenvalue weighted by molar-refractivity contribution is 8.00. The van der Waals surface area contributed by atoms with Gasteiger partial charge in [-0.2, -0.15) is 10.1 Å². The number of nitrogens with one attached hydrogen (secondary N) is 1. The van der Waals surface area contributed by atoms with Crippen LogP contribution in [0.2, 0.25) is 0 Å². The van der Waals surface area contributed by atoms with Gasteiger partial charge in [-0.05, 0) is 32.2 Å². The number of esters is 1. The van der Waals surface area contributed by atoms with Gasteiger partial charge in [-0.15, -0.1) is 11.8 Å². The molecule has 2 heterocycles. The number of aliphatic hydroxyl groups excluding tert-OH is 1. The van der Waals surface area contributed by atoms with Crippen LogP contribution in [0.1, 0.15) is 32.6 Å². The number of ether oxygens (including phenoxy) is 1. The molecule has 0 spiro atoms. The van der Waals surface area contributed by atoms with Crippen molar-refractivity contribution in [3.8, 4) is 5.75 Å². The number of nitrogens with two attached hydrogens (primary N) is 1. The minimum atomic E-state index is -4.17. The van der Waals surface area contributed by atoms with Crippen molar-refractivity contribution < 1.29 is 28.3 Å². The highest BCUT2D eigenvalue weighted by atomic mass is 32.2. The van der Waals surface area contributed by atoms with Gasteiger partial charge in [-0.3, -0.25) is 13.9 Å². The number of thioether (sulfide) groups is 1. The minimum absolute atomic E-state index is 0.141. The number of benzene rings is 2. The summed E-state index contributed by atoms with van der Waals surface area (Å²) >= 11 is 1.25. The molecule has 1 aliphatic rings. The number of nitrogens with zero attached hydrogens (tertiary/aromatic N) is 3. The SMILES string of the molecule is CC(C)OC(=O)[C@H](C)NP(=O)(OC[C@H]1S[C@@H](n2cnc(N)nc2=O)C[C@@H]1O)Oc1cccc2ccccc12. The van der Waals surface area contributed by atoms with E-state index in [-0.39, 0.29) is 25.1 Å². The zero-order valence-electron chi connectivity index (χ0n) is 21.1. The molecule has 3 aromatic rings. The molecule has 12 nitrogen and oxygen atoms in total. The summed E-state index contributed by atoms with van der Waals surface area (Å²) in [4.78, 5) is 32.1. The lowest BCUT2D eigenvalue weighted by Crippen LogP contribution is -2.37. The number of carbonyl (C=O) groups is 1. The van der Waals surface area contributed by atoms with E-state index in [4.69, 9.17) is 19.5 Å². The fraction of sp³-hybridized carbons (Fsp3) is 0.417.